The molecule has 110 valence electrons. The zero-order chi connectivity index (χ0) is 15.1. The Morgan fingerprint density at radius 2 is 2.19 bits per heavy atom. The number of hydrogen-bond acceptors (Lipinski definition) is 4. The highest BCUT2D eigenvalue weighted by molar-refractivity contribution is 6.30. The predicted molar refractivity (Wildman–Crippen MR) is 83.9 cm³/mol. The molecule has 0 spiro atoms. The number of methoxy groups -OCH3 is 1. The van der Waals surface area contributed by atoms with E-state index in [1.165, 1.54) is 12.7 Å². The van der Waals surface area contributed by atoms with Gasteiger partial charge in [-0.15, -0.1) is 0 Å². The van der Waals surface area contributed by atoms with Gasteiger partial charge in [-0.2, -0.15) is 0 Å². The number of benzene rings is 1. The highest BCUT2D eigenvalue weighted by Gasteiger charge is 2.01. The molecule has 0 radical (unpaired) electrons. The molecule has 1 amide bonds. The first-order valence-electron chi connectivity index (χ1n) is 6.47. The summed E-state index contributed by atoms with van der Waals surface area (Å²) in [5.74, 6) is 0.447. The van der Waals surface area contributed by atoms with E-state index in [0.717, 1.165) is 23.7 Å². The molecule has 0 atom stereocenters. The van der Waals surface area contributed by atoms with Crippen LogP contribution in [-0.4, -0.2) is 24.7 Å². The average molecular weight is 306 g/mol. The number of carbonyl (C=O) groups is 1. The lowest BCUT2D eigenvalue weighted by Crippen LogP contribution is -2.12. The Labute approximate surface area is 128 Å². The monoisotopic (exact) mass is 305 g/mol. The SMILES string of the molecule is COC(=O)Nc1ccc(NCCc2cccc(Cl)c2)cn1. The summed E-state index contributed by atoms with van der Waals surface area (Å²) in [6.07, 6.45) is 1.98. The summed E-state index contributed by atoms with van der Waals surface area (Å²) < 4.78 is 4.49. The molecule has 0 saturated carbocycles. The molecule has 0 aliphatic rings. The van der Waals surface area contributed by atoms with E-state index in [4.69, 9.17) is 11.6 Å². The number of nitrogens with one attached hydrogen (secondary N) is 2. The maximum Gasteiger partial charge on any atom is 0.412 e. The van der Waals surface area contributed by atoms with Crippen LogP contribution in [0.5, 0.6) is 0 Å². The van der Waals surface area contributed by atoms with Crippen molar-refractivity contribution in [1.82, 2.24) is 4.98 Å². The Hall–Kier alpha value is -2.27. The predicted octanol–water partition coefficient (Wildman–Crippen LogP) is 3.57. The van der Waals surface area contributed by atoms with Crippen molar-refractivity contribution in [3.63, 3.8) is 0 Å². The third-order valence-electron chi connectivity index (χ3n) is 2.81. The van der Waals surface area contributed by atoms with Gasteiger partial charge in [0.2, 0.25) is 0 Å². The first kappa shape index (κ1) is 15.1. The van der Waals surface area contributed by atoms with Crippen LogP contribution in [0.3, 0.4) is 0 Å². The molecule has 1 heterocycles. The van der Waals surface area contributed by atoms with Crippen LogP contribution in [0.15, 0.2) is 42.6 Å². The van der Waals surface area contributed by atoms with Crippen LogP contribution in [0.1, 0.15) is 5.56 Å². The van der Waals surface area contributed by atoms with Gasteiger partial charge in [-0.1, -0.05) is 23.7 Å². The molecule has 21 heavy (non-hydrogen) atoms. The standard InChI is InChI=1S/C15H16ClN3O2/c1-21-15(20)19-14-6-5-13(10-18-14)17-8-7-11-3-2-4-12(16)9-11/h2-6,9-10,17H,7-8H2,1H3,(H,18,19,20). The zero-order valence-corrected chi connectivity index (χ0v) is 12.4. The van der Waals surface area contributed by atoms with Crippen LogP contribution < -0.4 is 10.6 Å². The second-order valence-electron chi connectivity index (χ2n) is 4.36. The minimum atomic E-state index is -0.538. The summed E-state index contributed by atoms with van der Waals surface area (Å²) in [4.78, 5) is 15.1. The van der Waals surface area contributed by atoms with Gasteiger partial charge in [0.1, 0.15) is 5.82 Å². The molecule has 5 nitrogen and oxygen atoms in total. The summed E-state index contributed by atoms with van der Waals surface area (Å²) >= 11 is 5.94. The second kappa shape index (κ2) is 7.50. The summed E-state index contributed by atoms with van der Waals surface area (Å²) in [6, 6.07) is 11.3. The molecule has 2 rings (SSSR count). The van der Waals surface area contributed by atoms with Crippen LogP contribution in [0.4, 0.5) is 16.3 Å². The van der Waals surface area contributed by atoms with Crippen molar-refractivity contribution in [2.75, 3.05) is 24.3 Å². The molecule has 2 aromatic rings. The molecule has 0 saturated heterocycles. The maximum absolute atomic E-state index is 11.0. The van der Waals surface area contributed by atoms with Crippen molar-refractivity contribution >= 4 is 29.2 Å². The number of hydrogen-bond donors (Lipinski definition) is 2. The van der Waals surface area contributed by atoms with Gasteiger partial charge in [-0.05, 0) is 36.2 Å². The van der Waals surface area contributed by atoms with Crippen molar-refractivity contribution < 1.29 is 9.53 Å². The fourth-order valence-corrected chi connectivity index (χ4v) is 1.98. The Morgan fingerprint density at radius 1 is 1.33 bits per heavy atom. The van der Waals surface area contributed by atoms with Crippen LogP contribution in [0.2, 0.25) is 5.02 Å². The normalized spacial score (nSPS) is 10.0. The quantitative estimate of drug-likeness (QED) is 0.886. The lowest BCUT2D eigenvalue weighted by molar-refractivity contribution is 0.187. The molecule has 2 N–H and O–H groups in total. The highest BCUT2D eigenvalue weighted by Crippen LogP contribution is 2.13. The van der Waals surface area contributed by atoms with E-state index in [0.29, 0.717) is 5.82 Å². The molecule has 0 aliphatic carbocycles. The molecular formula is C15H16ClN3O2. The number of pyridine rings is 1. The van der Waals surface area contributed by atoms with E-state index in [-0.39, 0.29) is 0 Å². The number of anilines is 2. The zero-order valence-electron chi connectivity index (χ0n) is 11.6. The number of amides is 1. The molecule has 1 aromatic carbocycles. The van der Waals surface area contributed by atoms with Crippen LogP contribution in [0, 0.1) is 0 Å². The number of nitrogens with zero attached hydrogens (tertiary/aromatic N) is 1. The number of aromatic nitrogens is 1. The fourth-order valence-electron chi connectivity index (χ4n) is 1.77. The van der Waals surface area contributed by atoms with Gasteiger partial charge in [0.15, 0.2) is 0 Å². The second-order valence-corrected chi connectivity index (χ2v) is 4.79. The molecule has 0 unspecified atom stereocenters. The molecule has 0 bridgehead atoms. The Bertz CT molecular complexity index is 602. The maximum atomic E-state index is 11.0. The number of carbonyl (C=O) groups excluding carboxylic acids is 1. The first-order chi connectivity index (χ1) is 10.2. The minimum absolute atomic E-state index is 0.447. The smallest absolute Gasteiger partial charge is 0.412 e. The molecule has 6 heteroatoms. The van der Waals surface area contributed by atoms with Crippen molar-refractivity contribution in [1.29, 1.82) is 0 Å². The van der Waals surface area contributed by atoms with E-state index >= 15 is 0 Å². The average Bonchev–Trinajstić information content (AvgIpc) is 2.49. The lowest BCUT2D eigenvalue weighted by Gasteiger charge is -2.08. The van der Waals surface area contributed by atoms with Crippen molar-refractivity contribution in [3.8, 4) is 0 Å². The largest absolute Gasteiger partial charge is 0.453 e. The van der Waals surface area contributed by atoms with Gasteiger partial charge in [-0.25, -0.2) is 9.78 Å². The van der Waals surface area contributed by atoms with Gasteiger partial charge in [0.25, 0.3) is 0 Å². The molecule has 1 aromatic heterocycles. The van der Waals surface area contributed by atoms with Crippen molar-refractivity contribution in [3.05, 3.63) is 53.2 Å². The lowest BCUT2D eigenvalue weighted by atomic mass is 10.1. The molecule has 0 aliphatic heterocycles. The summed E-state index contributed by atoms with van der Waals surface area (Å²) in [5.41, 5.74) is 2.05. The van der Waals surface area contributed by atoms with E-state index in [1.54, 1.807) is 12.3 Å². The van der Waals surface area contributed by atoms with Crippen molar-refractivity contribution in [2.24, 2.45) is 0 Å². The first-order valence-corrected chi connectivity index (χ1v) is 6.84. The van der Waals surface area contributed by atoms with Gasteiger partial charge >= 0.3 is 6.09 Å². The van der Waals surface area contributed by atoms with Crippen LogP contribution in [0.25, 0.3) is 0 Å². The number of rotatable bonds is 5. The fraction of sp³-hybridized carbons (Fsp3) is 0.200. The Balaban J connectivity index is 1.82. The Morgan fingerprint density at radius 3 is 2.86 bits per heavy atom. The molecule has 0 fully saturated rings. The van der Waals surface area contributed by atoms with E-state index in [9.17, 15) is 4.79 Å². The van der Waals surface area contributed by atoms with Gasteiger partial charge < -0.3 is 10.1 Å². The van der Waals surface area contributed by atoms with Gasteiger partial charge in [-0.3, -0.25) is 5.32 Å². The number of halogens is 1. The minimum Gasteiger partial charge on any atom is -0.453 e. The number of ether oxygens (including phenoxy) is 1. The van der Waals surface area contributed by atoms with Crippen LogP contribution >= 0.6 is 11.6 Å². The molecular weight excluding hydrogens is 290 g/mol. The summed E-state index contributed by atoms with van der Waals surface area (Å²) in [6.45, 7) is 0.770. The van der Waals surface area contributed by atoms with Crippen molar-refractivity contribution in [2.45, 2.75) is 6.42 Å². The Kier molecular flexibility index (Phi) is 5.40. The van der Waals surface area contributed by atoms with E-state index < -0.39 is 6.09 Å². The van der Waals surface area contributed by atoms with Gasteiger partial charge in [0.05, 0.1) is 19.0 Å². The third-order valence-corrected chi connectivity index (χ3v) is 3.05. The summed E-state index contributed by atoms with van der Waals surface area (Å²) in [7, 11) is 1.31. The summed E-state index contributed by atoms with van der Waals surface area (Å²) in [5, 5.41) is 6.49. The van der Waals surface area contributed by atoms with E-state index in [1.807, 2.05) is 30.3 Å². The topological polar surface area (TPSA) is 63.2 Å². The van der Waals surface area contributed by atoms with Gasteiger partial charge in [0, 0.05) is 11.6 Å². The third kappa shape index (κ3) is 4.96. The van der Waals surface area contributed by atoms with E-state index in [2.05, 4.69) is 20.4 Å². The van der Waals surface area contributed by atoms with Crippen LogP contribution in [-0.2, 0) is 11.2 Å². The highest BCUT2D eigenvalue weighted by atomic mass is 35.5.